The SMILES string of the molecule is CON(C)S(=O)(=O)c1ccc(NC(=O)c2c(C)c(C)n[nH]c2=O)cc1. The number of amides is 1. The lowest BCUT2D eigenvalue weighted by molar-refractivity contribution is -0.0258. The van der Waals surface area contributed by atoms with E-state index in [1.807, 2.05) is 0 Å². The predicted molar refractivity (Wildman–Crippen MR) is 90.7 cm³/mol. The summed E-state index contributed by atoms with van der Waals surface area (Å²) in [7, 11) is -1.26. The normalized spacial score (nSPS) is 11.6. The molecule has 0 aliphatic heterocycles. The number of rotatable bonds is 5. The summed E-state index contributed by atoms with van der Waals surface area (Å²) in [6, 6.07) is 5.50. The topological polar surface area (TPSA) is 121 Å². The molecule has 1 amide bonds. The average molecular weight is 366 g/mol. The number of nitrogens with zero attached hydrogens (tertiary/aromatic N) is 2. The summed E-state index contributed by atoms with van der Waals surface area (Å²) in [6.07, 6.45) is 0. The van der Waals surface area contributed by atoms with E-state index in [-0.39, 0.29) is 10.5 Å². The molecule has 0 saturated carbocycles. The second-order valence-electron chi connectivity index (χ2n) is 5.21. The number of carbonyl (C=O) groups is 1. The van der Waals surface area contributed by atoms with E-state index in [1.165, 1.54) is 38.4 Å². The molecule has 0 atom stereocenters. The molecule has 0 fully saturated rings. The van der Waals surface area contributed by atoms with Crippen LogP contribution < -0.4 is 10.9 Å². The first-order valence-corrected chi connectivity index (χ1v) is 8.62. The minimum Gasteiger partial charge on any atom is -0.322 e. The molecule has 2 rings (SSSR count). The number of sulfonamides is 1. The van der Waals surface area contributed by atoms with Gasteiger partial charge in [-0.1, -0.05) is 4.47 Å². The molecule has 0 unspecified atom stereocenters. The molecule has 0 spiro atoms. The van der Waals surface area contributed by atoms with Crippen molar-refractivity contribution in [3.63, 3.8) is 0 Å². The Kier molecular flexibility index (Phi) is 5.36. The van der Waals surface area contributed by atoms with E-state index in [2.05, 4.69) is 15.5 Å². The Hall–Kier alpha value is -2.56. The summed E-state index contributed by atoms with van der Waals surface area (Å²) in [5, 5.41) is 8.61. The fourth-order valence-corrected chi connectivity index (χ4v) is 3.02. The number of hydroxylamine groups is 1. The number of aromatic nitrogens is 2. The van der Waals surface area contributed by atoms with Crippen molar-refractivity contribution in [2.45, 2.75) is 18.7 Å². The molecule has 25 heavy (non-hydrogen) atoms. The van der Waals surface area contributed by atoms with Crippen LogP contribution in [0.5, 0.6) is 0 Å². The number of hydrogen-bond acceptors (Lipinski definition) is 6. The van der Waals surface area contributed by atoms with Crippen LogP contribution in [0.15, 0.2) is 34.0 Å². The van der Waals surface area contributed by atoms with Crippen molar-refractivity contribution in [2.24, 2.45) is 0 Å². The highest BCUT2D eigenvalue weighted by atomic mass is 32.2. The molecular formula is C15H18N4O5S. The fourth-order valence-electron chi connectivity index (χ4n) is 2.05. The van der Waals surface area contributed by atoms with Gasteiger partial charge >= 0.3 is 0 Å². The molecule has 9 nitrogen and oxygen atoms in total. The first kappa shape index (κ1) is 18.8. The molecule has 1 heterocycles. The lowest BCUT2D eigenvalue weighted by Crippen LogP contribution is -2.27. The number of H-pyrrole nitrogens is 1. The van der Waals surface area contributed by atoms with Gasteiger partial charge in [-0.05, 0) is 43.7 Å². The third-order valence-electron chi connectivity index (χ3n) is 3.70. The molecule has 10 heteroatoms. The summed E-state index contributed by atoms with van der Waals surface area (Å²) < 4.78 is 24.9. The average Bonchev–Trinajstić information content (AvgIpc) is 2.58. The summed E-state index contributed by atoms with van der Waals surface area (Å²) >= 11 is 0. The summed E-state index contributed by atoms with van der Waals surface area (Å²) in [4.78, 5) is 28.9. The van der Waals surface area contributed by atoms with Crippen LogP contribution in [0.4, 0.5) is 5.69 Å². The summed E-state index contributed by atoms with van der Waals surface area (Å²) in [5.74, 6) is -0.603. The smallest absolute Gasteiger partial charge is 0.277 e. The Morgan fingerprint density at radius 3 is 2.40 bits per heavy atom. The Labute approximate surface area is 144 Å². The zero-order valence-electron chi connectivity index (χ0n) is 14.2. The Morgan fingerprint density at radius 2 is 1.84 bits per heavy atom. The number of anilines is 1. The predicted octanol–water partition coefficient (Wildman–Crippen LogP) is 0.821. The molecule has 134 valence electrons. The highest BCUT2D eigenvalue weighted by molar-refractivity contribution is 7.89. The molecule has 1 aromatic heterocycles. The number of carbonyl (C=O) groups excluding carboxylic acids is 1. The van der Waals surface area contributed by atoms with Crippen LogP contribution in [0, 0.1) is 13.8 Å². The van der Waals surface area contributed by atoms with Crippen molar-refractivity contribution in [3.8, 4) is 0 Å². The first-order valence-electron chi connectivity index (χ1n) is 7.18. The molecule has 0 saturated heterocycles. The standard InChI is InChI=1S/C15H18N4O5S/c1-9-10(2)17-18-15(21)13(9)14(20)16-11-5-7-12(8-6-11)25(22,23)19(3)24-4/h5-8H,1-4H3,(H,16,20)(H,18,21). The van der Waals surface area contributed by atoms with Crippen molar-refractivity contribution in [1.82, 2.24) is 14.7 Å². The van der Waals surface area contributed by atoms with Gasteiger partial charge in [0.2, 0.25) is 0 Å². The van der Waals surface area contributed by atoms with Gasteiger partial charge in [0.1, 0.15) is 5.56 Å². The van der Waals surface area contributed by atoms with E-state index < -0.39 is 21.5 Å². The fraction of sp³-hybridized carbons (Fsp3) is 0.267. The van der Waals surface area contributed by atoms with Crippen LogP contribution in [0.25, 0.3) is 0 Å². The molecule has 0 bridgehead atoms. The maximum Gasteiger partial charge on any atom is 0.277 e. The summed E-state index contributed by atoms with van der Waals surface area (Å²) in [5.41, 5.74) is 0.720. The van der Waals surface area contributed by atoms with Crippen LogP contribution >= 0.6 is 0 Å². The van der Waals surface area contributed by atoms with Gasteiger partial charge in [-0.2, -0.15) is 5.10 Å². The number of benzene rings is 1. The van der Waals surface area contributed by atoms with Crippen LogP contribution in [-0.2, 0) is 14.9 Å². The van der Waals surface area contributed by atoms with Crippen LogP contribution in [0.1, 0.15) is 21.6 Å². The third kappa shape index (κ3) is 3.76. The Bertz CT molecular complexity index is 951. The Balaban J connectivity index is 2.27. The van der Waals surface area contributed by atoms with E-state index in [4.69, 9.17) is 4.84 Å². The van der Waals surface area contributed by atoms with Crippen LogP contribution in [-0.4, -0.2) is 43.1 Å². The second-order valence-corrected chi connectivity index (χ2v) is 7.15. The van der Waals surface area contributed by atoms with Crippen molar-refractivity contribution in [3.05, 3.63) is 51.4 Å². The number of nitrogens with one attached hydrogen (secondary N) is 2. The lowest BCUT2D eigenvalue weighted by atomic mass is 10.1. The molecule has 0 radical (unpaired) electrons. The van der Waals surface area contributed by atoms with Gasteiger partial charge in [-0.3, -0.25) is 14.4 Å². The van der Waals surface area contributed by atoms with Gasteiger partial charge in [0.25, 0.3) is 21.5 Å². The second kappa shape index (κ2) is 7.13. The molecule has 1 aromatic carbocycles. The molecule has 2 N–H and O–H groups in total. The van der Waals surface area contributed by atoms with Crippen molar-refractivity contribution >= 4 is 21.6 Å². The maximum absolute atomic E-state index is 12.3. The van der Waals surface area contributed by atoms with Gasteiger partial charge in [0, 0.05) is 12.7 Å². The minimum atomic E-state index is -3.77. The molecule has 0 aliphatic carbocycles. The zero-order valence-corrected chi connectivity index (χ0v) is 15.0. The van der Waals surface area contributed by atoms with Gasteiger partial charge in [0.05, 0.1) is 17.7 Å². The quantitative estimate of drug-likeness (QED) is 0.756. The van der Waals surface area contributed by atoms with Gasteiger partial charge in [-0.15, -0.1) is 0 Å². The van der Waals surface area contributed by atoms with Crippen LogP contribution in [0.2, 0.25) is 0 Å². The minimum absolute atomic E-state index is 0.00336. The summed E-state index contributed by atoms with van der Waals surface area (Å²) in [6.45, 7) is 3.30. The van der Waals surface area contributed by atoms with Crippen molar-refractivity contribution in [2.75, 3.05) is 19.5 Å². The molecular weight excluding hydrogens is 348 g/mol. The van der Waals surface area contributed by atoms with Crippen molar-refractivity contribution < 1.29 is 18.0 Å². The Morgan fingerprint density at radius 1 is 1.24 bits per heavy atom. The lowest BCUT2D eigenvalue weighted by Gasteiger charge is -2.14. The highest BCUT2D eigenvalue weighted by Crippen LogP contribution is 2.18. The number of aromatic amines is 1. The number of aryl methyl sites for hydroxylation is 1. The van der Waals surface area contributed by atoms with Crippen LogP contribution in [0.3, 0.4) is 0 Å². The molecule has 2 aromatic rings. The van der Waals surface area contributed by atoms with Crippen molar-refractivity contribution in [1.29, 1.82) is 0 Å². The monoisotopic (exact) mass is 366 g/mol. The van der Waals surface area contributed by atoms with E-state index >= 15 is 0 Å². The van der Waals surface area contributed by atoms with E-state index in [9.17, 15) is 18.0 Å². The zero-order chi connectivity index (χ0) is 18.8. The molecule has 0 aliphatic rings. The third-order valence-corrected chi connectivity index (χ3v) is 5.40. The van der Waals surface area contributed by atoms with E-state index in [1.54, 1.807) is 13.8 Å². The van der Waals surface area contributed by atoms with Gasteiger partial charge in [0.15, 0.2) is 0 Å². The first-order chi connectivity index (χ1) is 11.7. The number of hydrogen-bond donors (Lipinski definition) is 2. The van der Waals surface area contributed by atoms with E-state index in [0.717, 1.165) is 4.47 Å². The van der Waals surface area contributed by atoms with E-state index in [0.29, 0.717) is 16.9 Å². The maximum atomic E-state index is 12.3. The highest BCUT2D eigenvalue weighted by Gasteiger charge is 2.21. The van der Waals surface area contributed by atoms with Gasteiger partial charge < -0.3 is 5.32 Å². The largest absolute Gasteiger partial charge is 0.322 e. The van der Waals surface area contributed by atoms with Gasteiger partial charge in [-0.25, -0.2) is 13.5 Å².